The Balaban J connectivity index is 1.75. The van der Waals surface area contributed by atoms with E-state index in [1.54, 1.807) is 4.90 Å². The minimum atomic E-state index is -0.820. The molecule has 2 aliphatic rings. The Kier molecular flexibility index (Phi) is 3.91. The van der Waals surface area contributed by atoms with Gasteiger partial charge in [-0.2, -0.15) is 0 Å². The third-order valence-corrected chi connectivity index (χ3v) is 5.09. The van der Waals surface area contributed by atoms with E-state index in [0.717, 1.165) is 11.1 Å². The number of aryl methyl sites for hydroxylation is 1. The van der Waals surface area contributed by atoms with Crippen molar-refractivity contribution < 1.29 is 19.4 Å². The van der Waals surface area contributed by atoms with Crippen LogP contribution in [0.2, 0.25) is 0 Å². The molecule has 2 heterocycles. The maximum atomic E-state index is 12.6. The second-order valence-electron chi connectivity index (χ2n) is 6.36. The molecule has 22 heavy (non-hydrogen) atoms. The highest BCUT2D eigenvalue weighted by Crippen LogP contribution is 2.42. The Labute approximate surface area is 129 Å². The molecule has 2 saturated heterocycles. The van der Waals surface area contributed by atoms with Crippen LogP contribution in [0.5, 0.6) is 0 Å². The van der Waals surface area contributed by atoms with E-state index in [-0.39, 0.29) is 11.8 Å². The molecule has 1 amide bonds. The number of carbonyl (C=O) groups is 2. The summed E-state index contributed by atoms with van der Waals surface area (Å²) in [6, 6.07) is 7.81. The van der Waals surface area contributed by atoms with Crippen LogP contribution < -0.4 is 0 Å². The summed E-state index contributed by atoms with van der Waals surface area (Å²) in [5.41, 5.74) is 1.27. The summed E-state index contributed by atoms with van der Waals surface area (Å²) in [6.07, 6.45) is 0.817. The number of carboxylic acid groups (broad SMARTS) is 1. The van der Waals surface area contributed by atoms with Gasteiger partial charge in [-0.05, 0) is 24.5 Å². The second kappa shape index (κ2) is 5.72. The van der Waals surface area contributed by atoms with E-state index in [0.29, 0.717) is 39.1 Å². The van der Waals surface area contributed by atoms with Crippen LogP contribution in [0, 0.1) is 18.3 Å². The van der Waals surface area contributed by atoms with E-state index >= 15 is 0 Å². The van der Waals surface area contributed by atoms with Crippen molar-refractivity contribution >= 4 is 11.9 Å². The van der Waals surface area contributed by atoms with Crippen molar-refractivity contribution in [1.82, 2.24) is 4.90 Å². The molecular weight excluding hydrogens is 282 g/mol. The van der Waals surface area contributed by atoms with Gasteiger partial charge in [-0.1, -0.05) is 24.3 Å². The molecule has 0 aromatic heterocycles. The summed E-state index contributed by atoms with van der Waals surface area (Å²) < 4.78 is 5.42. The number of fused-ring (bicyclic) bond motifs is 1. The third-order valence-electron chi connectivity index (χ3n) is 5.09. The monoisotopic (exact) mass is 303 g/mol. The molecule has 3 rings (SSSR count). The van der Waals surface area contributed by atoms with Crippen molar-refractivity contribution in [2.24, 2.45) is 11.3 Å². The van der Waals surface area contributed by atoms with Gasteiger partial charge >= 0.3 is 5.97 Å². The molecule has 0 unspecified atom stereocenters. The largest absolute Gasteiger partial charge is 0.481 e. The van der Waals surface area contributed by atoms with E-state index in [4.69, 9.17) is 4.74 Å². The van der Waals surface area contributed by atoms with Crippen LogP contribution in [0.15, 0.2) is 24.3 Å². The van der Waals surface area contributed by atoms with Crippen LogP contribution in [0.25, 0.3) is 0 Å². The van der Waals surface area contributed by atoms with Crippen LogP contribution in [-0.2, 0) is 20.7 Å². The number of carboxylic acids is 1. The number of benzene rings is 1. The number of aliphatic carboxylic acids is 1. The van der Waals surface area contributed by atoms with Gasteiger partial charge in [0.2, 0.25) is 5.91 Å². The van der Waals surface area contributed by atoms with Crippen molar-refractivity contribution in [2.75, 3.05) is 26.3 Å². The van der Waals surface area contributed by atoms with Crippen LogP contribution >= 0.6 is 0 Å². The zero-order valence-electron chi connectivity index (χ0n) is 12.7. The van der Waals surface area contributed by atoms with Crippen LogP contribution in [0.1, 0.15) is 17.5 Å². The molecule has 2 fully saturated rings. The van der Waals surface area contributed by atoms with Gasteiger partial charge in [0.05, 0.1) is 18.4 Å². The number of hydrogen-bond acceptors (Lipinski definition) is 3. The molecule has 0 saturated carbocycles. The van der Waals surface area contributed by atoms with Gasteiger partial charge in [0.25, 0.3) is 0 Å². The van der Waals surface area contributed by atoms with Gasteiger partial charge in [-0.3, -0.25) is 9.59 Å². The maximum absolute atomic E-state index is 12.6. The first kappa shape index (κ1) is 15.0. The highest BCUT2D eigenvalue weighted by atomic mass is 16.5. The Bertz CT molecular complexity index is 600. The topological polar surface area (TPSA) is 66.8 Å². The second-order valence-corrected chi connectivity index (χ2v) is 6.36. The summed E-state index contributed by atoms with van der Waals surface area (Å²) in [4.78, 5) is 26.0. The average Bonchev–Trinajstić information content (AvgIpc) is 2.90. The minimum Gasteiger partial charge on any atom is -0.481 e. The smallest absolute Gasteiger partial charge is 0.311 e. The fraction of sp³-hybridized carbons (Fsp3) is 0.529. The molecule has 0 radical (unpaired) electrons. The van der Waals surface area contributed by atoms with E-state index < -0.39 is 11.4 Å². The fourth-order valence-electron chi connectivity index (χ4n) is 3.57. The molecule has 0 spiro atoms. The summed E-state index contributed by atoms with van der Waals surface area (Å²) in [5.74, 6) is -0.893. The van der Waals surface area contributed by atoms with E-state index in [1.807, 2.05) is 31.2 Å². The maximum Gasteiger partial charge on any atom is 0.311 e. The Morgan fingerprint density at radius 3 is 2.86 bits per heavy atom. The first-order valence-electron chi connectivity index (χ1n) is 7.66. The molecule has 5 nitrogen and oxygen atoms in total. The number of carbonyl (C=O) groups excluding carboxylic acids is 1. The molecule has 118 valence electrons. The van der Waals surface area contributed by atoms with Gasteiger partial charge < -0.3 is 14.7 Å². The van der Waals surface area contributed by atoms with Gasteiger partial charge in [0.15, 0.2) is 0 Å². The lowest BCUT2D eigenvalue weighted by Gasteiger charge is -2.33. The number of nitrogens with zero attached hydrogens (tertiary/aromatic N) is 1. The summed E-state index contributed by atoms with van der Waals surface area (Å²) in [5, 5.41) is 9.64. The lowest BCUT2D eigenvalue weighted by atomic mass is 9.74. The van der Waals surface area contributed by atoms with Gasteiger partial charge in [-0.15, -0.1) is 0 Å². The molecule has 2 aliphatic heterocycles. The molecule has 2 atom stereocenters. The van der Waals surface area contributed by atoms with Gasteiger partial charge in [0, 0.05) is 25.6 Å². The van der Waals surface area contributed by atoms with Crippen LogP contribution in [0.4, 0.5) is 0 Å². The van der Waals surface area contributed by atoms with E-state index in [2.05, 4.69) is 0 Å². The Hall–Kier alpha value is -1.88. The zero-order valence-corrected chi connectivity index (χ0v) is 12.7. The number of rotatable bonds is 3. The average molecular weight is 303 g/mol. The minimum absolute atomic E-state index is 0.00400. The Morgan fingerprint density at radius 1 is 1.41 bits per heavy atom. The molecule has 5 heteroatoms. The molecular formula is C17H21NO4. The summed E-state index contributed by atoms with van der Waals surface area (Å²) in [6.45, 7) is 3.67. The molecule has 1 aromatic carbocycles. The highest BCUT2D eigenvalue weighted by molar-refractivity contribution is 5.82. The van der Waals surface area contributed by atoms with Crippen molar-refractivity contribution in [3.63, 3.8) is 0 Å². The van der Waals surface area contributed by atoms with E-state index in [1.165, 1.54) is 0 Å². The Morgan fingerprint density at radius 2 is 2.18 bits per heavy atom. The normalized spacial score (nSPS) is 27.5. The van der Waals surface area contributed by atoms with Crippen molar-refractivity contribution in [2.45, 2.75) is 19.8 Å². The number of amides is 1. The molecule has 0 aliphatic carbocycles. The molecule has 1 aromatic rings. The van der Waals surface area contributed by atoms with Crippen molar-refractivity contribution in [1.29, 1.82) is 0 Å². The number of ether oxygens (including phenoxy) is 1. The summed E-state index contributed by atoms with van der Waals surface area (Å²) >= 11 is 0. The van der Waals surface area contributed by atoms with Crippen LogP contribution in [-0.4, -0.2) is 48.2 Å². The quantitative estimate of drug-likeness (QED) is 0.918. The number of hydrogen-bond donors (Lipinski definition) is 1. The zero-order chi connectivity index (χ0) is 15.7. The first-order chi connectivity index (χ1) is 10.5. The first-order valence-corrected chi connectivity index (χ1v) is 7.66. The standard InChI is InChI=1S/C17H21NO4/c1-12-4-2-3-5-13(12)8-15(19)18-9-14-10-22-7-6-17(14,11-18)16(20)21/h2-5,14H,6-11H2,1H3,(H,20,21)/t14-,17+/m0/s1. The van der Waals surface area contributed by atoms with E-state index in [9.17, 15) is 14.7 Å². The highest BCUT2D eigenvalue weighted by Gasteiger charge is 2.54. The van der Waals surface area contributed by atoms with Gasteiger partial charge in [0.1, 0.15) is 0 Å². The summed E-state index contributed by atoms with van der Waals surface area (Å²) in [7, 11) is 0. The SMILES string of the molecule is Cc1ccccc1CC(=O)N1C[C@H]2COCC[C@@]2(C(=O)O)C1. The molecule has 0 bridgehead atoms. The van der Waals surface area contributed by atoms with Crippen LogP contribution in [0.3, 0.4) is 0 Å². The molecule has 1 N–H and O–H groups in total. The van der Waals surface area contributed by atoms with Crippen molar-refractivity contribution in [3.8, 4) is 0 Å². The predicted octanol–water partition coefficient (Wildman–Crippen LogP) is 1.49. The lowest BCUT2D eigenvalue weighted by Crippen LogP contribution is -2.45. The fourth-order valence-corrected chi connectivity index (χ4v) is 3.57. The van der Waals surface area contributed by atoms with Gasteiger partial charge in [-0.25, -0.2) is 0 Å². The number of likely N-dealkylation sites (tertiary alicyclic amines) is 1. The lowest BCUT2D eigenvalue weighted by molar-refractivity contribution is -0.157. The van der Waals surface area contributed by atoms with Crippen molar-refractivity contribution in [3.05, 3.63) is 35.4 Å². The predicted molar refractivity (Wildman–Crippen MR) is 80.5 cm³/mol. The third kappa shape index (κ3) is 2.50.